The first-order valence-corrected chi connectivity index (χ1v) is 5.10. The first-order chi connectivity index (χ1) is 6.93. The molecule has 2 N–H and O–H groups in total. The Hall–Kier alpha value is -0.960. The number of halogens is 2. The molecule has 0 aliphatic carbocycles. The summed E-state index contributed by atoms with van der Waals surface area (Å²) < 4.78 is 26.1. The number of hydrogen-bond acceptors (Lipinski definition) is 1. The van der Waals surface area contributed by atoms with Gasteiger partial charge in [0.05, 0.1) is 0 Å². The Labute approximate surface area is 89.3 Å². The molecule has 0 fully saturated rings. The van der Waals surface area contributed by atoms with Crippen molar-refractivity contribution in [1.29, 1.82) is 0 Å². The molecule has 1 nitrogen and oxygen atoms in total. The van der Waals surface area contributed by atoms with Crippen LogP contribution in [0.3, 0.4) is 0 Å². The zero-order valence-electron chi connectivity index (χ0n) is 9.13. The quantitative estimate of drug-likeness (QED) is 0.817. The van der Waals surface area contributed by atoms with Crippen LogP contribution >= 0.6 is 0 Å². The van der Waals surface area contributed by atoms with Crippen LogP contribution in [0.5, 0.6) is 0 Å². The standard InChI is InChI=1S/C12H17F2N/c1-9(8-15)6-10-4-3-5-11(7-10)12(2,13)14/h3-5,7,9H,6,8,15H2,1-2H3. The Bertz CT molecular complexity index is 318. The second-order valence-electron chi connectivity index (χ2n) is 4.13. The molecule has 1 rings (SSSR count). The van der Waals surface area contributed by atoms with Crippen molar-refractivity contribution >= 4 is 0 Å². The Morgan fingerprint density at radius 1 is 1.40 bits per heavy atom. The highest BCUT2D eigenvalue weighted by Crippen LogP contribution is 2.27. The number of alkyl halides is 2. The second kappa shape index (κ2) is 4.71. The summed E-state index contributed by atoms with van der Waals surface area (Å²) in [7, 11) is 0. The summed E-state index contributed by atoms with van der Waals surface area (Å²) in [5.41, 5.74) is 6.49. The van der Waals surface area contributed by atoms with Gasteiger partial charge >= 0.3 is 0 Å². The Morgan fingerprint density at radius 3 is 2.60 bits per heavy atom. The molecule has 1 unspecified atom stereocenters. The molecule has 84 valence electrons. The Kier molecular flexibility index (Phi) is 3.80. The van der Waals surface area contributed by atoms with Crippen molar-refractivity contribution in [2.75, 3.05) is 6.54 Å². The van der Waals surface area contributed by atoms with E-state index in [0.717, 1.165) is 18.9 Å². The van der Waals surface area contributed by atoms with Gasteiger partial charge in [0, 0.05) is 12.5 Å². The molecule has 0 saturated carbocycles. The summed E-state index contributed by atoms with van der Waals surface area (Å²) in [6.45, 7) is 3.50. The summed E-state index contributed by atoms with van der Waals surface area (Å²) in [5.74, 6) is -2.44. The highest BCUT2D eigenvalue weighted by molar-refractivity contribution is 5.26. The molecule has 0 aliphatic rings. The molecule has 1 aromatic rings. The van der Waals surface area contributed by atoms with Crippen molar-refractivity contribution in [2.45, 2.75) is 26.2 Å². The second-order valence-corrected chi connectivity index (χ2v) is 4.13. The van der Waals surface area contributed by atoms with Gasteiger partial charge in [-0.1, -0.05) is 25.1 Å². The maximum atomic E-state index is 13.0. The monoisotopic (exact) mass is 213 g/mol. The number of rotatable bonds is 4. The summed E-state index contributed by atoms with van der Waals surface area (Å²) in [5, 5.41) is 0. The molecule has 1 atom stereocenters. The molecular formula is C12H17F2N. The molecule has 15 heavy (non-hydrogen) atoms. The average Bonchev–Trinajstić information content (AvgIpc) is 2.17. The topological polar surface area (TPSA) is 26.0 Å². The lowest BCUT2D eigenvalue weighted by Gasteiger charge is -2.13. The van der Waals surface area contributed by atoms with Crippen molar-refractivity contribution in [3.8, 4) is 0 Å². The van der Waals surface area contributed by atoms with Crippen LogP contribution in [0.15, 0.2) is 24.3 Å². The fourth-order valence-corrected chi connectivity index (χ4v) is 1.46. The predicted octanol–water partition coefficient (Wildman–Crippen LogP) is 2.94. The minimum atomic E-state index is -2.76. The number of hydrogen-bond donors (Lipinski definition) is 1. The molecule has 0 bridgehead atoms. The maximum Gasteiger partial charge on any atom is 0.270 e. The van der Waals surface area contributed by atoms with Gasteiger partial charge in [-0.15, -0.1) is 0 Å². The van der Waals surface area contributed by atoms with E-state index in [2.05, 4.69) is 0 Å². The summed E-state index contributed by atoms with van der Waals surface area (Å²) in [6, 6.07) is 6.55. The van der Waals surface area contributed by atoms with Gasteiger partial charge in [-0.3, -0.25) is 0 Å². The van der Waals surface area contributed by atoms with E-state index in [1.54, 1.807) is 12.1 Å². The number of nitrogens with two attached hydrogens (primary N) is 1. The molecule has 0 aromatic heterocycles. The highest BCUT2D eigenvalue weighted by atomic mass is 19.3. The van der Waals surface area contributed by atoms with Gasteiger partial charge in [0.1, 0.15) is 0 Å². The highest BCUT2D eigenvalue weighted by Gasteiger charge is 2.24. The fraction of sp³-hybridized carbons (Fsp3) is 0.500. The van der Waals surface area contributed by atoms with Crippen LogP contribution in [-0.2, 0) is 12.3 Å². The zero-order chi connectivity index (χ0) is 11.5. The summed E-state index contributed by atoms with van der Waals surface area (Å²) in [6.07, 6.45) is 0.750. The third-order valence-electron chi connectivity index (χ3n) is 2.42. The normalized spacial score (nSPS) is 13.9. The van der Waals surface area contributed by atoms with Crippen LogP contribution in [0, 0.1) is 5.92 Å². The summed E-state index contributed by atoms with van der Waals surface area (Å²) >= 11 is 0. The van der Waals surface area contributed by atoms with Gasteiger partial charge in [-0.05, 0) is 30.5 Å². The molecule has 0 radical (unpaired) electrons. The molecule has 0 spiro atoms. The largest absolute Gasteiger partial charge is 0.330 e. The van der Waals surface area contributed by atoms with Crippen molar-refractivity contribution < 1.29 is 8.78 Å². The van der Waals surface area contributed by atoms with Crippen molar-refractivity contribution in [3.05, 3.63) is 35.4 Å². The van der Waals surface area contributed by atoms with Crippen LogP contribution in [-0.4, -0.2) is 6.54 Å². The van der Waals surface area contributed by atoms with Crippen LogP contribution in [0.2, 0.25) is 0 Å². The smallest absolute Gasteiger partial charge is 0.270 e. The molecule has 0 saturated heterocycles. The predicted molar refractivity (Wildman–Crippen MR) is 57.9 cm³/mol. The third-order valence-corrected chi connectivity index (χ3v) is 2.42. The lowest BCUT2D eigenvalue weighted by molar-refractivity contribution is 0.0174. The van der Waals surface area contributed by atoms with E-state index in [-0.39, 0.29) is 5.56 Å². The van der Waals surface area contributed by atoms with E-state index >= 15 is 0 Å². The van der Waals surface area contributed by atoms with Gasteiger partial charge in [0.2, 0.25) is 0 Å². The molecule has 3 heteroatoms. The van der Waals surface area contributed by atoms with Gasteiger partial charge in [0.25, 0.3) is 5.92 Å². The van der Waals surface area contributed by atoms with Crippen LogP contribution in [0.1, 0.15) is 25.0 Å². The minimum absolute atomic E-state index is 0.0734. The molecule has 0 heterocycles. The van der Waals surface area contributed by atoms with Crippen LogP contribution in [0.25, 0.3) is 0 Å². The van der Waals surface area contributed by atoms with E-state index in [4.69, 9.17) is 5.73 Å². The van der Waals surface area contributed by atoms with E-state index in [9.17, 15) is 8.78 Å². The van der Waals surface area contributed by atoms with E-state index < -0.39 is 5.92 Å². The van der Waals surface area contributed by atoms with Gasteiger partial charge in [-0.2, -0.15) is 0 Å². The molecule has 1 aromatic carbocycles. The van der Waals surface area contributed by atoms with Gasteiger partial charge in [0.15, 0.2) is 0 Å². The zero-order valence-corrected chi connectivity index (χ0v) is 9.13. The Morgan fingerprint density at radius 2 is 2.07 bits per heavy atom. The molecule has 0 amide bonds. The summed E-state index contributed by atoms with van der Waals surface area (Å²) in [4.78, 5) is 0. The van der Waals surface area contributed by atoms with E-state index in [0.29, 0.717) is 12.5 Å². The first-order valence-electron chi connectivity index (χ1n) is 5.10. The molecular weight excluding hydrogens is 196 g/mol. The van der Waals surface area contributed by atoms with Crippen LogP contribution in [0.4, 0.5) is 8.78 Å². The lowest BCUT2D eigenvalue weighted by atomic mass is 9.98. The van der Waals surface area contributed by atoms with Gasteiger partial charge in [-0.25, -0.2) is 8.78 Å². The third kappa shape index (κ3) is 3.59. The van der Waals surface area contributed by atoms with E-state index in [1.165, 1.54) is 6.07 Å². The van der Waals surface area contributed by atoms with Crippen molar-refractivity contribution in [1.82, 2.24) is 0 Å². The van der Waals surface area contributed by atoms with E-state index in [1.807, 2.05) is 13.0 Å². The maximum absolute atomic E-state index is 13.0. The van der Waals surface area contributed by atoms with Gasteiger partial charge < -0.3 is 5.73 Å². The lowest BCUT2D eigenvalue weighted by Crippen LogP contribution is -2.14. The molecule has 0 aliphatic heterocycles. The fourth-order valence-electron chi connectivity index (χ4n) is 1.46. The first kappa shape index (κ1) is 12.1. The SMILES string of the molecule is CC(CN)Cc1cccc(C(C)(F)F)c1. The Balaban J connectivity index is 2.84. The minimum Gasteiger partial charge on any atom is -0.330 e. The number of benzene rings is 1. The van der Waals surface area contributed by atoms with Crippen LogP contribution < -0.4 is 5.73 Å². The van der Waals surface area contributed by atoms with Crippen molar-refractivity contribution in [2.24, 2.45) is 11.7 Å². The average molecular weight is 213 g/mol. The van der Waals surface area contributed by atoms with Crippen molar-refractivity contribution in [3.63, 3.8) is 0 Å².